The second-order valence-electron chi connectivity index (χ2n) is 6.09. The van der Waals surface area contributed by atoms with Crippen LogP contribution < -0.4 is 0 Å². The fourth-order valence-electron chi connectivity index (χ4n) is 3.28. The van der Waals surface area contributed by atoms with Crippen molar-refractivity contribution in [3.05, 3.63) is 0 Å². The zero-order valence-electron chi connectivity index (χ0n) is 12.6. The first-order chi connectivity index (χ1) is 9.10. The van der Waals surface area contributed by atoms with Gasteiger partial charge in [-0.2, -0.15) is 0 Å². The van der Waals surface area contributed by atoms with Gasteiger partial charge in [-0.25, -0.2) is 0 Å². The minimum Gasteiger partial charge on any atom is -0.391 e. The molecule has 1 saturated heterocycles. The molecule has 1 heterocycles. The molecule has 2 fully saturated rings. The third kappa shape index (κ3) is 3.48. The van der Waals surface area contributed by atoms with Crippen molar-refractivity contribution in [2.75, 3.05) is 26.3 Å². The van der Waals surface area contributed by atoms with E-state index in [1.807, 2.05) is 0 Å². The van der Waals surface area contributed by atoms with Gasteiger partial charge in [0.1, 0.15) is 0 Å². The number of nitrogens with zero attached hydrogens (tertiary/aromatic N) is 1. The maximum atomic E-state index is 10.3. The molecule has 19 heavy (non-hydrogen) atoms. The van der Waals surface area contributed by atoms with Gasteiger partial charge in [0, 0.05) is 25.4 Å². The molecule has 3 unspecified atom stereocenters. The summed E-state index contributed by atoms with van der Waals surface area (Å²) in [7, 11) is 0. The predicted molar refractivity (Wildman–Crippen MR) is 75.0 cm³/mol. The van der Waals surface area contributed by atoms with Crippen molar-refractivity contribution >= 4 is 0 Å². The van der Waals surface area contributed by atoms with Crippen LogP contribution in [0.2, 0.25) is 0 Å². The third-order valence-electron chi connectivity index (χ3n) is 4.72. The average molecular weight is 271 g/mol. The summed E-state index contributed by atoms with van der Waals surface area (Å²) >= 11 is 0. The molecule has 0 bridgehead atoms. The van der Waals surface area contributed by atoms with E-state index in [0.29, 0.717) is 19.1 Å². The van der Waals surface area contributed by atoms with Crippen LogP contribution in [0.4, 0.5) is 0 Å². The molecule has 0 aromatic carbocycles. The second kappa shape index (κ2) is 6.53. The molecule has 0 aromatic rings. The Morgan fingerprint density at radius 2 is 2.00 bits per heavy atom. The van der Waals surface area contributed by atoms with E-state index in [2.05, 4.69) is 25.7 Å². The van der Waals surface area contributed by atoms with Gasteiger partial charge in [-0.1, -0.05) is 27.2 Å². The highest BCUT2D eigenvalue weighted by molar-refractivity contribution is 4.93. The van der Waals surface area contributed by atoms with E-state index in [-0.39, 0.29) is 12.1 Å². The first kappa shape index (κ1) is 15.2. The molecule has 3 atom stereocenters. The highest BCUT2D eigenvalue weighted by atomic mass is 16.7. The standard InChI is InChI=1S/C15H29NO3/c1-4-12(3)11-16(5-2)13-10-15(7-6-14(13)17)18-8-9-19-15/h12-14,17H,4-11H2,1-3H3. The smallest absolute Gasteiger partial charge is 0.170 e. The Hall–Kier alpha value is -0.160. The molecular weight excluding hydrogens is 242 g/mol. The van der Waals surface area contributed by atoms with Crippen LogP contribution in [0.5, 0.6) is 0 Å². The Balaban J connectivity index is 2.02. The van der Waals surface area contributed by atoms with Gasteiger partial charge in [-0.05, 0) is 18.9 Å². The summed E-state index contributed by atoms with van der Waals surface area (Å²) in [4.78, 5) is 2.41. The van der Waals surface area contributed by atoms with E-state index >= 15 is 0 Å². The number of ether oxygens (including phenoxy) is 2. The van der Waals surface area contributed by atoms with Gasteiger partial charge in [0.2, 0.25) is 0 Å². The maximum Gasteiger partial charge on any atom is 0.170 e. The Morgan fingerprint density at radius 1 is 1.32 bits per heavy atom. The number of hydrogen-bond acceptors (Lipinski definition) is 4. The van der Waals surface area contributed by atoms with E-state index < -0.39 is 5.79 Å². The first-order valence-corrected chi connectivity index (χ1v) is 7.80. The molecule has 0 aromatic heterocycles. The second-order valence-corrected chi connectivity index (χ2v) is 6.09. The minimum atomic E-state index is -0.410. The van der Waals surface area contributed by atoms with Crippen LogP contribution in [-0.4, -0.2) is 54.2 Å². The Bertz CT molecular complexity index is 279. The lowest BCUT2D eigenvalue weighted by atomic mass is 9.86. The third-order valence-corrected chi connectivity index (χ3v) is 4.72. The van der Waals surface area contributed by atoms with Crippen LogP contribution in [0.1, 0.15) is 46.5 Å². The summed E-state index contributed by atoms with van der Waals surface area (Å²) in [5.41, 5.74) is 0. The molecule has 0 amide bonds. The van der Waals surface area contributed by atoms with E-state index in [1.165, 1.54) is 6.42 Å². The van der Waals surface area contributed by atoms with E-state index in [9.17, 15) is 5.11 Å². The predicted octanol–water partition coefficient (Wildman–Crippen LogP) is 2.01. The molecule has 1 aliphatic heterocycles. The summed E-state index contributed by atoms with van der Waals surface area (Å²) in [5, 5.41) is 10.3. The topological polar surface area (TPSA) is 41.9 Å². The maximum absolute atomic E-state index is 10.3. The highest BCUT2D eigenvalue weighted by Gasteiger charge is 2.46. The fourth-order valence-corrected chi connectivity index (χ4v) is 3.28. The molecular formula is C15H29NO3. The lowest BCUT2D eigenvalue weighted by Crippen LogP contribution is -2.54. The van der Waals surface area contributed by atoms with Gasteiger partial charge in [-0.3, -0.25) is 4.90 Å². The molecule has 4 heteroatoms. The van der Waals surface area contributed by atoms with Gasteiger partial charge in [0.05, 0.1) is 19.3 Å². The zero-order chi connectivity index (χ0) is 13.9. The quantitative estimate of drug-likeness (QED) is 0.830. The Morgan fingerprint density at radius 3 is 2.58 bits per heavy atom. The molecule has 4 nitrogen and oxygen atoms in total. The van der Waals surface area contributed by atoms with Gasteiger partial charge >= 0.3 is 0 Å². The van der Waals surface area contributed by atoms with Crippen molar-refractivity contribution in [3.8, 4) is 0 Å². The molecule has 112 valence electrons. The molecule has 2 aliphatic rings. The molecule has 2 rings (SSSR count). The SMILES string of the molecule is CCC(C)CN(CC)C1CC2(CCC1O)OCCO2. The molecule has 1 aliphatic carbocycles. The fraction of sp³-hybridized carbons (Fsp3) is 1.00. The van der Waals surface area contributed by atoms with Crippen molar-refractivity contribution in [2.45, 2.75) is 64.4 Å². The molecule has 1 N–H and O–H groups in total. The van der Waals surface area contributed by atoms with Crippen LogP contribution in [0.25, 0.3) is 0 Å². The molecule has 0 radical (unpaired) electrons. The monoisotopic (exact) mass is 271 g/mol. The normalized spacial score (nSPS) is 32.1. The van der Waals surface area contributed by atoms with Crippen LogP contribution in [0.3, 0.4) is 0 Å². The highest BCUT2D eigenvalue weighted by Crippen LogP contribution is 2.38. The van der Waals surface area contributed by atoms with Gasteiger partial charge < -0.3 is 14.6 Å². The van der Waals surface area contributed by atoms with Crippen molar-refractivity contribution in [1.82, 2.24) is 4.90 Å². The Labute approximate surface area is 117 Å². The van der Waals surface area contributed by atoms with Crippen molar-refractivity contribution in [1.29, 1.82) is 0 Å². The van der Waals surface area contributed by atoms with Gasteiger partial charge in [0.15, 0.2) is 5.79 Å². The summed E-state index contributed by atoms with van der Waals surface area (Å²) in [6, 6.07) is 0.172. The summed E-state index contributed by atoms with van der Waals surface area (Å²) in [6.45, 7) is 10.1. The van der Waals surface area contributed by atoms with Crippen LogP contribution in [0.15, 0.2) is 0 Å². The number of aliphatic hydroxyl groups is 1. The zero-order valence-corrected chi connectivity index (χ0v) is 12.6. The van der Waals surface area contributed by atoms with E-state index in [4.69, 9.17) is 9.47 Å². The number of aliphatic hydroxyl groups excluding tert-OH is 1. The van der Waals surface area contributed by atoms with Crippen LogP contribution in [-0.2, 0) is 9.47 Å². The lowest BCUT2D eigenvalue weighted by Gasteiger charge is -2.44. The molecule has 1 saturated carbocycles. The average Bonchev–Trinajstić information content (AvgIpc) is 2.87. The number of hydrogen-bond donors (Lipinski definition) is 1. The number of rotatable bonds is 5. The summed E-state index contributed by atoms with van der Waals surface area (Å²) in [5.74, 6) is 0.252. The van der Waals surface area contributed by atoms with Crippen molar-refractivity contribution < 1.29 is 14.6 Å². The van der Waals surface area contributed by atoms with Gasteiger partial charge in [0.25, 0.3) is 0 Å². The van der Waals surface area contributed by atoms with Crippen molar-refractivity contribution in [3.63, 3.8) is 0 Å². The van der Waals surface area contributed by atoms with E-state index in [0.717, 1.165) is 32.4 Å². The Kier molecular flexibility index (Phi) is 5.23. The lowest BCUT2D eigenvalue weighted by molar-refractivity contribution is -0.205. The first-order valence-electron chi connectivity index (χ1n) is 7.80. The summed E-state index contributed by atoms with van der Waals surface area (Å²) in [6.07, 6.45) is 3.34. The minimum absolute atomic E-state index is 0.172. The summed E-state index contributed by atoms with van der Waals surface area (Å²) < 4.78 is 11.7. The van der Waals surface area contributed by atoms with Crippen LogP contribution >= 0.6 is 0 Å². The largest absolute Gasteiger partial charge is 0.391 e. The molecule has 1 spiro atoms. The number of likely N-dealkylation sites (N-methyl/N-ethyl adjacent to an activating group) is 1. The van der Waals surface area contributed by atoms with Crippen molar-refractivity contribution in [2.24, 2.45) is 5.92 Å². The van der Waals surface area contributed by atoms with Gasteiger partial charge in [-0.15, -0.1) is 0 Å². The van der Waals surface area contributed by atoms with E-state index in [1.54, 1.807) is 0 Å². The van der Waals surface area contributed by atoms with Crippen LogP contribution in [0, 0.1) is 5.92 Å².